The van der Waals surface area contributed by atoms with Gasteiger partial charge in [0.05, 0.1) is 5.69 Å². The van der Waals surface area contributed by atoms with Crippen LogP contribution in [-0.2, 0) is 6.54 Å². The Morgan fingerprint density at radius 1 is 1.50 bits per heavy atom. The van der Waals surface area contributed by atoms with Gasteiger partial charge in [-0.1, -0.05) is 6.92 Å². The molecule has 1 fully saturated rings. The van der Waals surface area contributed by atoms with Gasteiger partial charge < -0.3 is 5.73 Å². The van der Waals surface area contributed by atoms with E-state index in [-0.39, 0.29) is 0 Å². The first-order valence-electron chi connectivity index (χ1n) is 5.98. The van der Waals surface area contributed by atoms with Gasteiger partial charge in [0.25, 0.3) is 0 Å². The summed E-state index contributed by atoms with van der Waals surface area (Å²) >= 11 is 0. The van der Waals surface area contributed by atoms with Crippen LogP contribution < -0.4 is 5.73 Å². The molecule has 0 amide bonds. The van der Waals surface area contributed by atoms with Gasteiger partial charge in [0.1, 0.15) is 0 Å². The second kappa shape index (κ2) is 5.37. The van der Waals surface area contributed by atoms with Gasteiger partial charge in [0.15, 0.2) is 0 Å². The summed E-state index contributed by atoms with van der Waals surface area (Å²) in [6, 6.07) is 0.505. The molecule has 88 valence electrons. The van der Waals surface area contributed by atoms with Crippen molar-refractivity contribution < 1.29 is 0 Å². The number of aromatic nitrogens is 2. The Morgan fingerprint density at radius 2 is 2.38 bits per heavy atom. The second-order valence-electron chi connectivity index (χ2n) is 4.69. The molecule has 1 aromatic rings. The average molecular weight is 220 g/mol. The highest BCUT2D eigenvalue weighted by atomic mass is 15.2. The lowest BCUT2D eigenvalue weighted by Gasteiger charge is -2.37. The predicted molar refractivity (Wildman–Crippen MR) is 63.7 cm³/mol. The smallest absolute Gasteiger partial charge is 0.0726 e. The monoisotopic (exact) mass is 220 g/mol. The summed E-state index contributed by atoms with van der Waals surface area (Å²) in [4.78, 5) is 10.8. The van der Waals surface area contributed by atoms with Crippen molar-refractivity contribution >= 4 is 0 Å². The standard InChI is InChI=1S/C12H20N4/c1-10-2-5-16(12(6-10)7-13)9-11-8-14-3-4-15-11/h3-4,8,10,12H,2,5-7,9,13H2,1H3. The van der Waals surface area contributed by atoms with E-state index < -0.39 is 0 Å². The summed E-state index contributed by atoms with van der Waals surface area (Å²) in [6.45, 7) is 5.05. The Bertz CT molecular complexity index is 314. The van der Waals surface area contributed by atoms with E-state index in [2.05, 4.69) is 21.8 Å². The fourth-order valence-corrected chi connectivity index (χ4v) is 2.37. The summed E-state index contributed by atoms with van der Waals surface area (Å²) in [5.41, 5.74) is 6.87. The number of piperidine rings is 1. The molecule has 0 aliphatic carbocycles. The van der Waals surface area contributed by atoms with Gasteiger partial charge >= 0.3 is 0 Å². The van der Waals surface area contributed by atoms with Crippen LogP contribution in [0.2, 0.25) is 0 Å². The van der Waals surface area contributed by atoms with E-state index in [1.165, 1.54) is 12.8 Å². The van der Waals surface area contributed by atoms with E-state index in [4.69, 9.17) is 5.73 Å². The third-order valence-corrected chi connectivity index (χ3v) is 3.35. The molecule has 0 bridgehead atoms. The molecular formula is C12H20N4. The summed E-state index contributed by atoms with van der Waals surface area (Å²) in [5.74, 6) is 0.798. The number of nitrogens with two attached hydrogens (primary N) is 1. The quantitative estimate of drug-likeness (QED) is 0.827. The Balaban J connectivity index is 1.98. The molecule has 0 saturated carbocycles. The molecule has 1 saturated heterocycles. The second-order valence-corrected chi connectivity index (χ2v) is 4.69. The van der Waals surface area contributed by atoms with Crippen molar-refractivity contribution in [3.63, 3.8) is 0 Å². The lowest BCUT2D eigenvalue weighted by Crippen LogP contribution is -2.45. The third-order valence-electron chi connectivity index (χ3n) is 3.35. The van der Waals surface area contributed by atoms with Crippen LogP contribution in [0.25, 0.3) is 0 Å². The lowest BCUT2D eigenvalue weighted by molar-refractivity contribution is 0.113. The van der Waals surface area contributed by atoms with Crippen LogP contribution in [0.3, 0.4) is 0 Å². The molecular weight excluding hydrogens is 200 g/mol. The van der Waals surface area contributed by atoms with Crippen molar-refractivity contribution in [2.45, 2.75) is 32.4 Å². The van der Waals surface area contributed by atoms with Crippen LogP contribution in [0.1, 0.15) is 25.5 Å². The molecule has 0 spiro atoms. The highest BCUT2D eigenvalue weighted by Crippen LogP contribution is 2.22. The number of hydrogen-bond donors (Lipinski definition) is 1. The largest absolute Gasteiger partial charge is 0.329 e. The molecule has 4 nitrogen and oxygen atoms in total. The van der Waals surface area contributed by atoms with Crippen LogP contribution in [0.15, 0.2) is 18.6 Å². The molecule has 1 aromatic heterocycles. The summed E-state index contributed by atoms with van der Waals surface area (Å²) in [5, 5.41) is 0. The van der Waals surface area contributed by atoms with Gasteiger partial charge in [-0.05, 0) is 25.3 Å². The van der Waals surface area contributed by atoms with Gasteiger partial charge in [0.2, 0.25) is 0 Å². The molecule has 4 heteroatoms. The molecule has 1 aliphatic heterocycles. The minimum absolute atomic E-state index is 0.505. The molecule has 16 heavy (non-hydrogen) atoms. The number of nitrogens with zero attached hydrogens (tertiary/aromatic N) is 3. The highest BCUT2D eigenvalue weighted by molar-refractivity contribution is 4.96. The molecule has 0 radical (unpaired) electrons. The molecule has 2 N–H and O–H groups in total. The molecule has 0 aromatic carbocycles. The van der Waals surface area contributed by atoms with Gasteiger partial charge in [0, 0.05) is 37.7 Å². The summed E-state index contributed by atoms with van der Waals surface area (Å²) in [6.07, 6.45) is 7.76. The van der Waals surface area contributed by atoms with Crippen molar-refractivity contribution in [1.82, 2.24) is 14.9 Å². The molecule has 2 atom stereocenters. The van der Waals surface area contributed by atoms with Crippen molar-refractivity contribution in [3.8, 4) is 0 Å². The van der Waals surface area contributed by atoms with Crippen molar-refractivity contribution in [1.29, 1.82) is 0 Å². The topological polar surface area (TPSA) is 55.0 Å². The van der Waals surface area contributed by atoms with E-state index >= 15 is 0 Å². The number of rotatable bonds is 3. The Morgan fingerprint density at radius 3 is 3.06 bits per heavy atom. The normalized spacial score (nSPS) is 26.9. The first-order valence-corrected chi connectivity index (χ1v) is 5.98. The van der Waals surface area contributed by atoms with E-state index in [9.17, 15) is 0 Å². The maximum absolute atomic E-state index is 5.83. The van der Waals surface area contributed by atoms with Crippen LogP contribution in [0.5, 0.6) is 0 Å². The van der Waals surface area contributed by atoms with E-state index in [1.807, 2.05) is 6.20 Å². The Kier molecular flexibility index (Phi) is 3.85. The SMILES string of the molecule is CC1CCN(Cc2cnccn2)C(CN)C1. The molecule has 2 rings (SSSR count). The fourth-order valence-electron chi connectivity index (χ4n) is 2.37. The maximum atomic E-state index is 5.83. The molecule has 2 heterocycles. The van der Waals surface area contributed by atoms with Gasteiger partial charge in [-0.2, -0.15) is 0 Å². The Hall–Kier alpha value is -1.00. The van der Waals surface area contributed by atoms with E-state index in [0.29, 0.717) is 6.04 Å². The number of hydrogen-bond acceptors (Lipinski definition) is 4. The van der Waals surface area contributed by atoms with Crippen LogP contribution in [0.4, 0.5) is 0 Å². The van der Waals surface area contributed by atoms with Crippen molar-refractivity contribution in [3.05, 3.63) is 24.3 Å². The van der Waals surface area contributed by atoms with Gasteiger partial charge in [-0.25, -0.2) is 0 Å². The zero-order valence-corrected chi connectivity index (χ0v) is 9.84. The first-order chi connectivity index (χ1) is 7.79. The van der Waals surface area contributed by atoms with Crippen LogP contribution in [0, 0.1) is 5.92 Å². The maximum Gasteiger partial charge on any atom is 0.0726 e. The molecule has 2 unspecified atom stereocenters. The first kappa shape index (κ1) is 11.5. The summed E-state index contributed by atoms with van der Waals surface area (Å²) < 4.78 is 0. The Labute approximate surface area is 96.9 Å². The minimum atomic E-state index is 0.505. The van der Waals surface area contributed by atoms with E-state index in [1.54, 1.807) is 12.4 Å². The predicted octanol–water partition coefficient (Wildman–Crippen LogP) is 1.04. The summed E-state index contributed by atoms with van der Waals surface area (Å²) in [7, 11) is 0. The van der Waals surface area contributed by atoms with E-state index in [0.717, 1.165) is 31.2 Å². The van der Waals surface area contributed by atoms with Crippen molar-refractivity contribution in [2.24, 2.45) is 11.7 Å². The highest BCUT2D eigenvalue weighted by Gasteiger charge is 2.25. The van der Waals surface area contributed by atoms with Gasteiger partial charge in [-0.3, -0.25) is 14.9 Å². The van der Waals surface area contributed by atoms with Gasteiger partial charge in [-0.15, -0.1) is 0 Å². The number of likely N-dealkylation sites (tertiary alicyclic amines) is 1. The van der Waals surface area contributed by atoms with Crippen molar-refractivity contribution in [2.75, 3.05) is 13.1 Å². The third kappa shape index (κ3) is 2.77. The average Bonchev–Trinajstić information content (AvgIpc) is 2.33. The lowest BCUT2D eigenvalue weighted by atomic mass is 9.92. The zero-order chi connectivity index (χ0) is 11.4. The van der Waals surface area contributed by atoms with Crippen LogP contribution >= 0.6 is 0 Å². The minimum Gasteiger partial charge on any atom is -0.329 e. The zero-order valence-electron chi connectivity index (χ0n) is 9.84. The molecule has 1 aliphatic rings. The fraction of sp³-hybridized carbons (Fsp3) is 0.667. The van der Waals surface area contributed by atoms with Crippen LogP contribution in [-0.4, -0.2) is 34.0 Å².